The second kappa shape index (κ2) is 10.7. The molecule has 5 rings (SSSR count). The van der Waals surface area contributed by atoms with Gasteiger partial charge in [0.1, 0.15) is 16.9 Å². The van der Waals surface area contributed by atoms with Crippen molar-refractivity contribution in [3.8, 4) is 17.0 Å². The van der Waals surface area contributed by atoms with Crippen molar-refractivity contribution in [1.82, 2.24) is 4.98 Å². The Labute approximate surface area is 211 Å². The number of hydrogen-bond acceptors (Lipinski definition) is 7. The Bertz CT molecular complexity index is 1610. The van der Waals surface area contributed by atoms with Crippen LogP contribution in [0.4, 0.5) is 0 Å². The predicted octanol–water partition coefficient (Wildman–Crippen LogP) is 6.36. The van der Waals surface area contributed by atoms with Gasteiger partial charge in [-0.15, -0.1) is 11.8 Å². The fraction of sp³-hybridized carbons (Fsp3) is 0.138. The molecule has 0 atom stereocenters. The standard InChI is InChI=1S/C29H23NO5S/c1-33-26-14-7-4-10-20(26)24-18-27(21-11-3-5-12-23(21)30-24)36-16-8-15-34-28(31)22-17-19-9-2-6-13-25(19)35-29(22)32/h2-7,9-14,17-18H,8,15-16H2,1H3. The molecule has 0 unspecified atom stereocenters. The molecule has 0 spiro atoms. The summed E-state index contributed by atoms with van der Waals surface area (Å²) < 4.78 is 16.1. The molecule has 3 aromatic carbocycles. The number of nitrogens with zero attached hydrogens (tertiary/aromatic N) is 1. The van der Waals surface area contributed by atoms with E-state index >= 15 is 0 Å². The predicted molar refractivity (Wildman–Crippen MR) is 142 cm³/mol. The van der Waals surface area contributed by atoms with E-state index in [0.717, 1.165) is 38.6 Å². The summed E-state index contributed by atoms with van der Waals surface area (Å²) in [5.74, 6) is 0.813. The molecule has 36 heavy (non-hydrogen) atoms. The van der Waals surface area contributed by atoms with E-state index < -0.39 is 11.6 Å². The van der Waals surface area contributed by atoms with Gasteiger partial charge in [-0.3, -0.25) is 0 Å². The van der Waals surface area contributed by atoms with Gasteiger partial charge in [0.25, 0.3) is 0 Å². The molecule has 0 saturated carbocycles. The summed E-state index contributed by atoms with van der Waals surface area (Å²) in [5, 5.41) is 1.74. The average molecular weight is 498 g/mol. The van der Waals surface area contributed by atoms with E-state index in [1.165, 1.54) is 6.07 Å². The lowest BCUT2D eigenvalue weighted by Gasteiger charge is -2.12. The molecular formula is C29H23NO5S. The van der Waals surface area contributed by atoms with Crippen LogP contribution in [0.2, 0.25) is 0 Å². The Morgan fingerprint density at radius 3 is 2.64 bits per heavy atom. The molecule has 0 aliphatic rings. The fourth-order valence-electron chi connectivity index (χ4n) is 3.95. The summed E-state index contributed by atoms with van der Waals surface area (Å²) in [7, 11) is 1.65. The molecule has 0 N–H and O–H groups in total. The lowest BCUT2D eigenvalue weighted by molar-refractivity contribution is 0.0501. The molecule has 6 nitrogen and oxygen atoms in total. The molecule has 7 heteroatoms. The number of ether oxygens (including phenoxy) is 2. The Morgan fingerprint density at radius 2 is 1.75 bits per heavy atom. The lowest BCUT2D eigenvalue weighted by atomic mass is 10.1. The fourth-order valence-corrected chi connectivity index (χ4v) is 4.95. The van der Waals surface area contributed by atoms with Gasteiger partial charge in [-0.1, -0.05) is 48.5 Å². The molecule has 0 fully saturated rings. The lowest BCUT2D eigenvalue weighted by Crippen LogP contribution is -2.17. The van der Waals surface area contributed by atoms with Gasteiger partial charge in [-0.2, -0.15) is 0 Å². The SMILES string of the molecule is COc1ccccc1-c1cc(SCCCOC(=O)c2cc3ccccc3oc2=O)c2ccccc2n1. The number of pyridine rings is 1. The number of esters is 1. The minimum atomic E-state index is -0.694. The Kier molecular flexibility index (Phi) is 7.00. The number of benzene rings is 3. The molecule has 0 amide bonds. The van der Waals surface area contributed by atoms with Gasteiger partial charge >= 0.3 is 11.6 Å². The van der Waals surface area contributed by atoms with E-state index in [-0.39, 0.29) is 12.2 Å². The molecule has 0 aliphatic carbocycles. The van der Waals surface area contributed by atoms with Gasteiger partial charge in [0.15, 0.2) is 0 Å². The second-order valence-electron chi connectivity index (χ2n) is 8.05. The summed E-state index contributed by atoms with van der Waals surface area (Å²) in [6.45, 7) is 0.195. The van der Waals surface area contributed by atoms with Gasteiger partial charge in [0.2, 0.25) is 0 Å². The maximum atomic E-state index is 12.5. The number of methoxy groups -OCH3 is 1. The summed E-state index contributed by atoms with van der Waals surface area (Å²) in [6.07, 6.45) is 0.621. The van der Waals surface area contributed by atoms with Crippen LogP contribution in [0.1, 0.15) is 16.8 Å². The van der Waals surface area contributed by atoms with Crippen molar-refractivity contribution in [2.45, 2.75) is 11.3 Å². The van der Waals surface area contributed by atoms with E-state index in [9.17, 15) is 9.59 Å². The number of thioether (sulfide) groups is 1. The van der Waals surface area contributed by atoms with Crippen molar-refractivity contribution in [2.24, 2.45) is 0 Å². The van der Waals surface area contributed by atoms with Crippen molar-refractivity contribution in [1.29, 1.82) is 0 Å². The maximum Gasteiger partial charge on any atom is 0.351 e. The molecule has 2 heterocycles. The van der Waals surface area contributed by atoms with Crippen LogP contribution in [0, 0.1) is 0 Å². The first-order chi connectivity index (χ1) is 17.6. The Morgan fingerprint density at radius 1 is 0.972 bits per heavy atom. The monoisotopic (exact) mass is 497 g/mol. The molecule has 0 aliphatic heterocycles. The smallest absolute Gasteiger partial charge is 0.351 e. The molecule has 5 aromatic rings. The molecule has 0 saturated heterocycles. The largest absolute Gasteiger partial charge is 0.496 e. The van der Waals surface area contributed by atoms with E-state index in [1.807, 2.05) is 48.5 Å². The van der Waals surface area contributed by atoms with Gasteiger partial charge in [-0.25, -0.2) is 14.6 Å². The molecule has 2 aromatic heterocycles. The summed E-state index contributed by atoms with van der Waals surface area (Å²) >= 11 is 1.67. The van der Waals surface area contributed by atoms with Gasteiger partial charge in [-0.05, 0) is 42.8 Å². The van der Waals surface area contributed by atoms with Crippen molar-refractivity contribution in [2.75, 3.05) is 19.5 Å². The zero-order chi connectivity index (χ0) is 24.9. The quantitative estimate of drug-likeness (QED) is 0.107. The highest BCUT2D eigenvalue weighted by Crippen LogP contribution is 2.35. The van der Waals surface area contributed by atoms with Crippen LogP contribution in [-0.2, 0) is 4.74 Å². The van der Waals surface area contributed by atoms with E-state index in [4.69, 9.17) is 18.9 Å². The normalized spacial score (nSPS) is 11.0. The highest BCUT2D eigenvalue weighted by molar-refractivity contribution is 7.99. The van der Waals surface area contributed by atoms with Crippen LogP contribution in [0.3, 0.4) is 0 Å². The number of aromatic nitrogens is 1. The van der Waals surface area contributed by atoms with Crippen LogP contribution in [0.15, 0.2) is 99.0 Å². The first-order valence-corrected chi connectivity index (χ1v) is 12.5. The third kappa shape index (κ3) is 4.97. The first-order valence-electron chi connectivity index (χ1n) is 11.5. The summed E-state index contributed by atoms with van der Waals surface area (Å²) in [5.41, 5.74) is 2.31. The summed E-state index contributed by atoms with van der Waals surface area (Å²) in [4.78, 5) is 30.6. The Balaban J connectivity index is 1.27. The minimum absolute atomic E-state index is 0.0945. The topological polar surface area (TPSA) is 78.6 Å². The van der Waals surface area contributed by atoms with Crippen molar-refractivity contribution < 1.29 is 18.7 Å². The minimum Gasteiger partial charge on any atom is -0.496 e. The van der Waals surface area contributed by atoms with Crippen molar-refractivity contribution >= 4 is 39.6 Å². The van der Waals surface area contributed by atoms with Crippen molar-refractivity contribution in [3.05, 3.63) is 101 Å². The van der Waals surface area contributed by atoms with Crippen LogP contribution in [0.5, 0.6) is 5.75 Å². The number of carbonyl (C=O) groups is 1. The molecular weight excluding hydrogens is 474 g/mol. The number of fused-ring (bicyclic) bond motifs is 2. The maximum absolute atomic E-state index is 12.5. The zero-order valence-corrected chi connectivity index (χ0v) is 20.4. The highest BCUT2D eigenvalue weighted by Gasteiger charge is 2.15. The van der Waals surface area contributed by atoms with E-state index in [1.54, 1.807) is 37.1 Å². The zero-order valence-electron chi connectivity index (χ0n) is 19.6. The van der Waals surface area contributed by atoms with Crippen LogP contribution >= 0.6 is 11.8 Å². The van der Waals surface area contributed by atoms with Crippen LogP contribution < -0.4 is 10.4 Å². The average Bonchev–Trinajstić information content (AvgIpc) is 2.92. The van der Waals surface area contributed by atoms with Crippen molar-refractivity contribution in [3.63, 3.8) is 0 Å². The van der Waals surface area contributed by atoms with Crippen LogP contribution in [-0.4, -0.2) is 30.4 Å². The van der Waals surface area contributed by atoms with Crippen LogP contribution in [0.25, 0.3) is 33.1 Å². The Hall–Kier alpha value is -4.10. The number of hydrogen-bond donors (Lipinski definition) is 0. The van der Waals surface area contributed by atoms with E-state index in [2.05, 4.69) is 12.1 Å². The second-order valence-corrected chi connectivity index (χ2v) is 9.18. The van der Waals surface area contributed by atoms with E-state index in [0.29, 0.717) is 17.4 Å². The number of rotatable bonds is 8. The summed E-state index contributed by atoms with van der Waals surface area (Å²) in [6, 6.07) is 26.5. The molecule has 0 radical (unpaired) electrons. The highest BCUT2D eigenvalue weighted by atomic mass is 32.2. The molecule has 180 valence electrons. The van der Waals surface area contributed by atoms with Gasteiger partial charge < -0.3 is 13.9 Å². The third-order valence-electron chi connectivity index (χ3n) is 5.70. The van der Waals surface area contributed by atoms with Gasteiger partial charge in [0.05, 0.1) is 24.9 Å². The first kappa shape index (κ1) is 23.6. The third-order valence-corrected chi connectivity index (χ3v) is 6.84. The number of carbonyl (C=O) groups excluding carboxylic acids is 1. The number of para-hydroxylation sites is 3. The van der Waals surface area contributed by atoms with Gasteiger partial charge in [0, 0.05) is 27.0 Å². The molecule has 0 bridgehead atoms.